The Morgan fingerprint density at radius 1 is 0.976 bits per heavy atom. The first-order chi connectivity index (χ1) is 20.2. The standard InChI is InChI=1S/C28H29N7O7/c1-28(2,3)26-41-19-17(12-39-23-16(25(36)37)10-7-11-29-23)40-24(20(19)42-26)35-14-32-18-21(30-13-31-22(18)35)34-27(38)33-15-8-5-4-6-9-15/h4-11,13-14,17,19-20,24,26H,12H2,1-3H3,(H,36,37)(H2,30,31,33,34,38). The van der Waals surface area contributed by atoms with Gasteiger partial charge < -0.3 is 29.4 Å². The van der Waals surface area contributed by atoms with Gasteiger partial charge in [-0.05, 0) is 24.3 Å². The summed E-state index contributed by atoms with van der Waals surface area (Å²) in [5.41, 5.74) is 0.989. The minimum atomic E-state index is -1.15. The number of aromatic nitrogens is 5. The van der Waals surface area contributed by atoms with E-state index >= 15 is 0 Å². The highest BCUT2D eigenvalue weighted by Crippen LogP contribution is 2.44. The first kappa shape index (κ1) is 27.5. The molecule has 0 bridgehead atoms. The average molecular weight is 576 g/mol. The van der Waals surface area contributed by atoms with Crippen molar-refractivity contribution in [1.82, 2.24) is 24.5 Å². The third-order valence-corrected chi connectivity index (χ3v) is 6.84. The van der Waals surface area contributed by atoms with Gasteiger partial charge in [-0.2, -0.15) is 0 Å². The molecule has 2 amide bonds. The number of carboxylic acids is 1. The molecule has 3 N–H and O–H groups in total. The van der Waals surface area contributed by atoms with E-state index in [2.05, 4.69) is 30.6 Å². The van der Waals surface area contributed by atoms with Crippen LogP contribution in [0.2, 0.25) is 0 Å². The number of carbonyl (C=O) groups is 2. The fourth-order valence-electron chi connectivity index (χ4n) is 4.85. The smallest absolute Gasteiger partial charge is 0.341 e. The molecule has 5 heterocycles. The number of pyridine rings is 1. The number of nitrogens with one attached hydrogen (secondary N) is 2. The number of ether oxygens (including phenoxy) is 4. The van der Waals surface area contributed by atoms with Crippen LogP contribution in [-0.2, 0) is 14.2 Å². The molecule has 2 fully saturated rings. The van der Waals surface area contributed by atoms with Crippen molar-refractivity contribution in [2.75, 3.05) is 17.2 Å². The summed E-state index contributed by atoms with van der Waals surface area (Å²) in [6.07, 6.45) is 1.34. The number of carbonyl (C=O) groups excluding carboxylic acids is 1. The highest BCUT2D eigenvalue weighted by molar-refractivity contribution is 6.02. The monoisotopic (exact) mass is 575 g/mol. The van der Waals surface area contributed by atoms with Crippen LogP contribution in [0, 0.1) is 5.41 Å². The first-order valence-electron chi connectivity index (χ1n) is 13.3. The molecular formula is C28H29N7O7. The second-order valence-electron chi connectivity index (χ2n) is 10.9. The van der Waals surface area contributed by atoms with Gasteiger partial charge in [-0.25, -0.2) is 29.5 Å². The first-order valence-corrected chi connectivity index (χ1v) is 13.3. The van der Waals surface area contributed by atoms with Gasteiger partial charge in [-0.1, -0.05) is 39.0 Å². The summed E-state index contributed by atoms with van der Waals surface area (Å²) in [4.78, 5) is 41.4. The van der Waals surface area contributed by atoms with Gasteiger partial charge in [0, 0.05) is 17.3 Å². The Morgan fingerprint density at radius 3 is 2.52 bits per heavy atom. The van der Waals surface area contributed by atoms with Crippen LogP contribution < -0.4 is 15.4 Å². The molecule has 2 saturated heterocycles. The number of imidazole rings is 1. The van der Waals surface area contributed by atoms with Crippen molar-refractivity contribution in [3.63, 3.8) is 0 Å². The Bertz CT molecular complexity index is 1610. The lowest BCUT2D eigenvalue weighted by atomic mass is 9.96. The fraction of sp³-hybridized carbons (Fsp3) is 0.357. The Kier molecular flexibility index (Phi) is 7.18. The number of urea groups is 1. The number of para-hydroxylation sites is 1. The molecule has 14 nitrogen and oxygen atoms in total. The lowest BCUT2D eigenvalue weighted by Gasteiger charge is -2.28. The van der Waals surface area contributed by atoms with Crippen molar-refractivity contribution >= 4 is 34.7 Å². The van der Waals surface area contributed by atoms with Crippen LogP contribution >= 0.6 is 0 Å². The van der Waals surface area contributed by atoms with Gasteiger partial charge in [0.15, 0.2) is 29.5 Å². The number of benzene rings is 1. The topological polar surface area (TPSA) is 172 Å². The molecular weight excluding hydrogens is 546 g/mol. The van der Waals surface area contributed by atoms with Crippen LogP contribution in [-0.4, -0.2) is 72.8 Å². The Labute approximate surface area is 240 Å². The van der Waals surface area contributed by atoms with Crippen molar-refractivity contribution < 1.29 is 33.6 Å². The number of nitrogens with zero attached hydrogens (tertiary/aromatic N) is 5. The number of anilines is 2. The lowest BCUT2D eigenvalue weighted by Crippen LogP contribution is -2.34. The molecule has 2 aliphatic rings. The number of hydrogen-bond donors (Lipinski definition) is 3. The third-order valence-electron chi connectivity index (χ3n) is 6.84. The summed E-state index contributed by atoms with van der Waals surface area (Å²) in [7, 11) is 0. The van der Waals surface area contributed by atoms with Crippen LogP contribution in [0.4, 0.5) is 16.3 Å². The largest absolute Gasteiger partial charge is 0.477 e. The molecule has 42 heavy (non-hydrogen) atoms. The third kappa shape index (κ3) is 5.34. The van der Waals surface area contributed by atoms with Gasteiger partial charge in [-0.3, -0.25) is 9.88 Å². The summed E-state index contributed by atoms with van der Waals surface area (Å²) < 4.78 is 26.6. The predicted octanol–water partition coefficient (Wildman–Crippen LogP) is 3.70. The molecule has 4 aromatic rings. The second kappa shape index (κ2) is 11.0. The number of amides is 2. The summed E-state index contributed by atoms with van der Waals surface area (Å²) in [6, 6.07) is 11.5. The van der Waals surface area contributed by atoms with E-state index in [0.717, 1.165) is 0 Å². The zero-order valence-electron chi connectivity index (χ0n) is 23.0. The Hall–Kier alpha value is -4.66. The number of aromatic carboxylic acids is 1. The summed E-state index contributed by atoms with van der Waals surface area (Å²) in [5, 5.41) is 15.0. The molecule has 14 heteroatoms. The lowest BCUT2D eigenvalue weighted by molar-refractivity contribution is -0.185. The minimum Gasteiger partial charge on any atom is -0.477 e. The van der Waals surface area contributed by atoms with Crippen LogP contribution in [0.5, 0.6) is 5.88 Å². The molecule has 0 aliphatic carbocycles. The molecule has 218 valence electrons. The number of carboxylic acid groups (broad SMARTS) is 1. The predicted molar refractivity (Wildman–Crippen MR) is 148 cm³/mol. The molecule has 0 spiro atoms. The fourth-order valence-corrected chi connectivity index (χ4v) is 4.85. The zero-order chi connectivity index (χ0) is 29.4. The maximum atomic E-state index is 12.6. The highest BCUT2D eigenvalue weighted by Gasteiger charge is 2.56. The molecule has 5 atom stereocenters. The van der Waals surface area contributed by atoms with Gasteiger partial charge in [0.1, 0.15) is 36.8 Å². The minimum absolute atomic E-state index is 0.0230. The average Bonchev–Trinajstić information content (AvgIpc) is 3.67. The Morgan fingerprint density at radius 2 is 1.76 bits per heavy atom. The summed E-state index contributed by atoms with van der Waals surface area (Å²) in [5.74, 6) is -0.958. The van der Waals surface area contributed by atoms with Crippen LogP contribution in [0.3, 0.4) is 0 Å². The van der Waals surface area contributed by atoms with Crippen molar-refractivity contribution in [2.24, 2.45) is 5.41 Å². The molecule has 2 aliphatic heterocycles. The van der Waals surface area contributed by atoms with E-state index in [1.165, 1.54) is 24.7 Å². The normalized spacial score (nSPS) is 23.5. The summed E-state index contributed by atoms with van der Waals surface area (Å²) in [6.45, 7) is 5.98. The van der Waals surface area contributed by atoms with Gasteiger partial charge in [0.25, 0.3) is 0 Å². The van der Waals surface area contributed by atoms with Crippen LogP contribution in [0.25, 0.3) is 11.2 Å². The maximum Gasteiger partial charge on any atom is 0.341 e. The van der Waals surface area contributed by atoms with E-state index in [-0.39, 0.29) is 29.3 Å². The van der Waals surface area contributed by atoms with E-state index < -0.39 is 42.8 Å². The highest BCUT2D eigenvalue weighted by atomic mass is 16.8. The van der Waals surface area contributed by atoms with Gasteiger partial charge >= 0.3 is 12.0 Å². The van der Waals surface area contributed by atoms with Crippen LogP contribution in [0.1, 0.15) is 37.4 Å². The molecule has 1 aromatic carbocycles. The molecule has 3 aromatic heterocycles. The SMILES string of the molecule is CC(C)(C)C1OC2C(COc3ncccc3C(=O)O)OC(n3cnc4c(NC(=O)Nc5ccccc5)ncnc43)C2O1. The van der Waals surface area contributed by atoms with E-state index in [4.69, 9.17) is 18.9 Å². The van der Waals surface area contributed by atoms with E-state index in [1.807, 2.05) is 39.0 Å². The van der Waals surface area contributed by atoms with Crippen molar-refractivity contribution in [3.8, 4) is 5.88 Å². The molecule has 6 rings (SSSR count). The van der Waals surface area contributed by atoms with Crippen molar-refractivity contribution in [2.45, 2.75) is 51.6 Å². The number of rotatable bonds is 7. The van der Waals surface area contributed by atoms with Crippen LogP contribution in [0.15, 0.2) is 61.3 Å². The molecule has 0 radical (unpaired) electrons. The van der Waals surface area contributed by atoms with Gasteiger partial charge in [-0.15, -0.1) is 0 Å². The second-order valence-corrected chi connectivity index (χ2v) is 10.9. The van der Waals surface area contributed by atoms with Gasteiger partial charge in [0.2, 0.25) is 5.88 Å². The number of hydrogen-bond acceptors (Lipinski definition) is 10. The van der Waals surface area contributed by atoms with Gasteiger partial charge in [0.05, 0.1) is 6.33 Å². The van der Waals surface area contributed by atoms with Crippen molar-refractivity contribution in [3.05, 3.63) is 66.9 Å². The number of fused-ring (bicyclic) bond motifs is 2. The quantitative estimate of drug-likeness (QED) is 0.293. The van der Waals surface area contributed by atoms with Crippen molar-refractivity contribution in [1.29, 1.82) is 0 Å². The maximum absolute atomic E-state index is 12.6. The van der Waals surface area contributed by atoms with E-state index in [1.54, 1.807) is 23.0 Å². The zero-order valence-corrected chi connectivity index (χ0v) is 23.0. The van der Waals surface area contributed by atoms with E-state index in [0.29, 0.717) is 16.9 Å². The Balaban J connectivity index is 1.25. The molecule has 0 saturated carbocycles. The van der Waals surface area contributed by atoms with E-state index in [9.17, 15) is 14.7 Å². The summed E-state index contributed by atoms with van der Waals surface area (Å²) >= 11 is 0. The molecule has 5 unspecified atom stereocenters.